The number of hydrogen-bond acceptors (Lipinski definition) is 5. The van der Waals surface area contributed by atoms with Crippen molar-refractivity contribution in [2.24, 2.45) is 16.3 Å². The van der Waals surface area contributed by atoms with Gasteiger partial charge in [0, 0.05) is 24.2 Å². The van der Waals surface area contributed by atoms with E-state index in [0.29, 0.717) is 41.4 Å². The molecule has 1 aromatic carbocycles. The number of hydrogen-bond donors (Lipinski definition) is 2. The number of ether oxygens (including phenoxy) is 2. The molecule has 0 fully saturated rings. The molecule has 6 nitrogen and oxygen atoms in total. The zero-order valence-electron chi connectivity index (χ0n) is 16.8. The van der Waals surface area contributed by atoms with E-state index in [0.717, 1.165) is 0 Å². The van der Waals surface area contributed by atoms with Crippen molar-refractivity contribution in [2.75, 3.05) is 19.8 Å². The second-order valence-corrected chi connectivity index (χ2v) is 7.89. The largest absolute Gasteiger partial charge is 0.480 e. The minimum Gasteiger partial charge on any atom is -0.480 e. The van der Waals surface area contributed by atoms with Crippen LogP contribution in [0, 0.1) is 23.0 Å². The molecule has 3 heterocycles. The van der Waals surface area contributed by atoms with Crippen molar-refractivity contribution >= 4 is 16.9 Å². The Balaban J connectivity index is 1.53. The third-order valence-corrected chi connectivity index (χ3v) is 5.68. The van der Waals surface area contributed by atoms with Gasteiger partial charge in [-0.2, -0.15) is 0 Å². The predicted octanol–water partition coefficient (Wildman–Crippen LogP) is 4.24. The third kappa shape index (κ3) is 3.75. The van der Waals surface area contributed by atoms with E-state index in [1.165, 1.54) is 18.3 Å². The summed E-state index contributed by atoms with van der Waals surface area (Å²) in [5.41, 5.74) is 0.530. The molecule has 1 aliphatic rings. The van der Waals surface area contributed by atoms with Crippen LogP contribution in [0.2, 0.25) is 0 Å². The Morgan fingerprint density at radius 3 is 2.67 bits per heavy atom. The van der Waals surface area contributed by atoms with Crippen molar-refractivity contribution in [3.8, 4) is 11.5 Å². The molecule has 0 aliphatic carbocycles. The van der Waals surface area contributed by atoms with Crippen LogP contribution in [0.1, 0.15) is 19.4 Å². The number of aromatic amines is 1. The maximum Gasteiger partial charge on any atom is 0.198 e. The van der Waals surface area contributed by atoms with E-state index in [-0.39, 0.29) is 18.9 Å². The molecular weight excluding hydrogens is 392 g/mol. The summed E-state index contributed by atoms with van der Waals surface area (Å²) in [4.78, 5) is 11.4. The topological polar surface area (TPSA) is 79.7 Å². The lowest BCUT2D eigenvalue weighted by Crippen LogP contribution is -2.43. The van der Waals surface area contributed by atoms with Crippen molar-refractivity contribution in [3.63, 3.8) is 0 Å². The number of halogens is 2. The zero-order valence-corrected chi connectivity index (χ0v) is 16.8. The number of nitrogens with one attached hydrogen (secondary N) is 1. The quantitative estimate of drug-likeness (QED) is 0.631. The van der Waals surface area contributed by atoms with Gasteiger partial charge in [-0.15, -0.1) is 0 Å². The summed E-state index contributed by atoms with van der Waals surface area (Å²) in [6.45, 7) is 4.72. The fraction of sp³-hybridized carbons (Fsp3) is 0.364. The highest BCUT2D eigenvalue weighted by Crippen LogP contribution is 2.34. The molecule has 2 N–H and O–H groups in total. The van der Waals surface area contributed by atoms with Crippen molar-refractivity contribution < 1.29 is 23.4 Å². The Morgan fingerprint density at radius 1 is 1.27 bits per heavy atom. The van der Waals surface area contributed by atoms with Crippen LogP contribution in [0.4, 0.5) is 8.78 Å². The van der Waals surface area contributed by atoms with Crippen molar-refractivity contribution in [1.29, 1.82) is 0 Å². The molecule has 0 bridgehead atoms. The lowest BCUT2D eigenvalue weighted by Gasteiger charge is -2.37. The highest BCUT2D eigenvalue weighted by molar-refractivity contribution is 5.82. The Hall–Kier alpha value is -3.00. The molecule has 158 valence electrons. The number of H-pyrrole nitrogens is 1. The molecule has 0 spiro atoms. The summed E-state index contributed by atoms with van der Waals surface area (Å²) in [5, 5.41) is 10.3. The van der Waals surface area contributed by atoms with E-state index >= 15 is 0 Å². The van der Waals surface area contributed by atoms with Gasteiger partial charge in [0.1, 0.15) is 11.4 Å². The molecule has 1 unspecified atom stereocenters. The number of rotatable bonds is 6. The summed E-state index contributed by atoms with van der Waals surface area (Å²) in [5.74, 6) is -1.20. The molecular formula is C22H23F2N3O3. The van der Waals surface area contributed by atoms with Gasteiger partial charge in [-0.1, -0.05) is 13.8 Å². The van der Waals surface area contributed by atoms with Crippen molar-refractivity contribution in [3.05, 3.63) is 53.9 Å². The molecule has 1 aliphatic heterocycles. The highest BCUT2D eigenvalue weighted by atomic mass is 19.1. The van der Waals surface area contributed by atoms with Crippen LogP contribution >= 0.6 is 0 Å². The molecule has 2 aromatic heterocycles. The molecule has 3 aromatic rings. The smallest absolute Gasteiger partial charge is 0.198 e. The van der Waals surface area contributed by atoms with Gasteiger partial charge in [-0.25, -0.2) is 13.8 Å². The van der Waals surface area contributed by atoms with Gasteiger partial charge >= 0.3 is 0 Å². The van der Waals surface area contributed by atoms with Crippen LogP contribution in [0.5, 0.6) is 11.5 Å². The maximum atomic E-state index is 14.7. The Labute approximate surface area is 172 Å². The third-order valence-electron chi connectivity index (χ3n) is 5.68. The van der Waals surface area contributed by atoms with Crippen molar-refractivity contribution in [2.45, 2.75) is 20.3 Å². The van der Waals surface area contributed by atoms with Crippen LogP contribution in [-0.4, -0.2) is 40.7 Å². The summed E-state index contributed by atoms with van der Waals surface area (Å²) in [7, 11) is 0. The van der Waals surface area contributed by atoms with Gasteiger partial charge < -0.3 is 19.6 Å². The van der Waals surface area contributed by atoms with Gasteiger partial charge in [0.25, 0.3) is 0 Å². The predicted molar refractivity (Wildman–Crippen MR) is 109 cm³/mol. The highest BCUT2D eigenvalue weighted by Gasteiger charge is 2.37. The van der Waals surface area contributed by atoms with E-state index in [9.17, 15) is 13.9 Å². The minimum absolute atomic E-state index is 0.0276. The number of pyridine rings is 1. The Bertz CT molecular complexity index is 1070. The van der Waals surface area contributed by atoms with E-state index < -0.39 is 22.8 Å². The first-order valence-corrected chi connectivity index (χ1v) is 9.77. The van der Waals surface area contributed by atoms with Crippen LogP contribution in [0.3, 0.4) is 0 Å². The number of aliphatic hydroxyl groups excluding tert-OH is 1. The molecule has 30 heavy (non-hydrogen) atoms. The van der Waals surface area contributed by atoms with E-state index in [1.54, 1.807) is 18.3 Å². The lowest BCUT2D eigenvalue weighted by molar-refractivity contribution is 0.0169. The molecule has 0 saturated carbocycles. The van der Waals surface area contributed by atoms with E-state index in [4.69, 9.17) is 9.47 Å². The van der Waals surface area contributed by atoms with Gasteiger partial charge in [-0.05, 0) is 35.7 Å². The zero-order chi connectivity index (χ0) is 21.3. The molecule has 0 radical (unpaired) electrons. The fourth-order valence-electron chi connectivity index (χ4n) is 3.42. The summed E-state index contributed by atoms with van der Waals surface area (Å²) in [6.07, 6.45) is 3.33. The summed E-state index contributed by atoms with van der Waals surface area (Å²) >= 11 is 0. The summed E-state index contributed by atoms with van der Waals surface area (Å²) in [6, 6.07) is 5.71. The first kappa shape index (κ1) is 20.3. The number of aromatic nitrogens is 2. The Morgan fingerprint density at radius 2 is 2.03 bits per heavy atom. The van der Waals surface area contributed by atoms with Gasteiger partial charge in [0.2, 0.25) is 0 Å². The maximum absolute atomic E-state index is 14.7. The van der Waals surface area contributed by atoms with Gasteiger partial charge in [0.15, 0.2) is 23.3 Å². The van der Waals surface area contributed by atoms with Crippen LogP contribution in [0.15, 0.2) is 41.7 Å². The van der Waals surface area contributed by atoms with Crippen LogP contribution < -0.4 is 4.74 Å². The summed E-state index contributed by atoms with van der Waals surface area (Å²) < 4.78 is 40.5. The molecule has 8 heteroatoms. The fourth-order valence-corrected chi connectivity index (χ4v) is 3.42. The monoisotopic (exact) mass is 415 g/mol. The average molecular weight is 415 g/mol. The molecule has 4 rings (SSSR count). The molecule has 0 amide bonds. The number of benzene rings is 1. The molecule has 1 atom stereocenters. The second kappa shape index (κ2) is 8.02. The molecule has 0 saturated heterocycles. The van der Waals surface area contributed by atoms with Crippen molar-refractivity contribution in [1.82, 2.24) is 9.97 Å². The van der Waals surface area contributed by atoms with Crippen LogP contribution in [-0.2, 0) is 11.2 Å². The minimum atomic E-state index is -0.811. The first-order valence-electron chi connectivity index (χ1n) is 9.77. The van der Waals surface area contributed by atoms with E-state index in [2.05, 4.69) is 15.0 Å². The lowest BCUT2D eigenvalue weighted by atomic mass is 9.78. The average Bonchev–Trinajstić information content (AvgIpc) is 3.21. The Kier molecular flexibility index (Phi) is 5.42. The SMILES string of the molecule is CC(C)C1(CO)CN=C(Cc2cc(F)c(Oc3ccnc4[nH]ccc34)c(F)c2)OC1. The normalized spacial score (nSPS) is 19.1. The number of nitrogens with zero attached hydrogens (tertiary/aromatic N) is 2. The number of fused-ring (bicyclic) bond motifs is 1. The number of aliphatic hydroxyl groups is 1. The van der Waals surface area contributed by atoms with Gasteiger partial charge in [0.05, 0.1) is 25.1 Å². The number of aliphatic imine (C=N–C) groups is 1. The second-order valence-electron chi connectivity index (χ2n) is 7.89. The first-order chi connectivity index (χ1) is 14.4. The standard InChI is InChI=1S/C22H23F2N3O3/c1-13(2)22(11-28)10-27-19(29-12-22)9-14-7-16(23)20(17(24)8-14)30-18-4-6-26-21-15(18)3-5-25-21/h3-8,13,28H,9-12H2,1-2H3,(H,25,26). The van der Waals surface area contributed by atoms with Crippen LogP contribution in [0.25, 0.3) is 11.0 Å². The van der Waals surface area contributed by atoms with Gasteiger partial charge in [-0.3, -0.25) is 4.99 Å². The van der Waals surface area contributed by atoms with E-state index in [1.807, 2.05) is 13.8 Å².